The van der Waals surface area contributed by atoms with Crippen molar-refractivity contribution in [1.29, 1.82) is 0 Å². The van der Waals surface area contributed by atoms with Crippen LogP contribution >= 0.6 is 0 Å². The van der Waals surface area contributed by atoms with Gasteiger partial charge in [-0.3, -0.25) is 4.79 Å². The van der Waals surface area contributed by atoms with E-state index in [9.17, 15) is 9.18 Å². The Balaban J connectivity index is 1.43. The minimum atomic E-state index is -0.292. The molecular weight excluding hydrogens is 395 g/mol. The SMILES string of the molecule is Cc1nn(-c2ccc(F)cc2)c(C)c1/C=C/C(=O)Nc1ccc(N2CCOCC2)cc1. The molecule has 1 aromatic heterocycles. The number of amides is 1. The lowest BCUT2D eigenvalue weighted by atomic mass is 10.1. The second kappa shape index (κ2) is 9.14. The van der Waals surface area contributed by atoms with E-state index in [0.717, 1.165) is 60.3 Å². The van der Waals surface area contributed by atoms with Gasteiger partial charge in [-0.2, -0.15) is 5.10 Å². The molecule has 31 heavy (non-hydrogen) atoms. The zero-order valence-corrected chi connectivity index (χ0v) is 17.6. The van der Waals surface area contributed by atoms with E-state index in [4.69, 9.17) is 4.74 Å². The molecule has 0 saturated carbocycles. The lowest BCUT2D eigenvalue weighted by Gasteiger charge is -2.28. The molecule has 1 amide bonds. The van der Waals surface area contributed by atoms with Gasteiger partial charge >= 0.3 is 0 Å². The number of hydrogen-bond acceptors (Lipinski definition) is 4. The summed E-state index contributed by atoms with van der Waals surface area (Å²) in [4.78, 5) is 14.7. The van der Waals surface area contributed by atoms with Crippen LogP contribution in [0, 0.1) is 19.7 Å². The Bertz CT molecular complexity index is 1080. The number of benzene rings is 2. The summed E-state index contributed by atoms with van der Waals surface area (Å²) in [5, 5.41) is 7.41. The zero-order chi connectivity index (χ0) is 21.8. The highest BCUT2D eigenvalue weighted by Gasteiger charge is 2.12. The number of nitrogens with one attached hydrogen (secondary N) is 1. The number of morpholine rings is 1. The van der Waals surface area contributed by atoms with Gasteiger partial charge in [-0.25, -0.2) is 9.07 Å². The van der Waals surface area contributed by atoms with Gasteiger partial charge in [0, 0.05) is 41.8 Å². The molecule has 2 heterocycles. The molecule has 6 nitrogen and oxygen atoms in total. The fraction of sp³-hybridized carbons (Fsp3) is 0.250. The first-order valence-corrected chi connectivity index (χ1v) is 10.3. The number of anilines is 2. The van der Waals surface area contributed by atoms with Gasteiger partial charge in [0.2, 0.25) is 5.91 Å². The molecule has 0 unspecified atom stereocenters. The van der Waals surface area contributed by atoms with Crippen LogP contribution in [0.4, 0.5) is 15.8 Å². The number of halogens is 1. The van der Waals surface area contributed by atoms with Crippen molar-refractivity contribution in [1.82, 2.24) is 9.78 Å². The standard InChI is InChI=1S/C24H25FN4O2/c1-17-23(18(2)29(27-17)22-7-3-19(25)4-8-22)11-12-24(30)26-20-5-9-21(10-6-20)28-13-15-31-16-14-28/h3-12H,13-16H2,1-2H3,(H,26,30)/b12-11+. The van der Waals surface area contributed by atoms with Gasteiger partial charge in [0.05, 0.1) is 24.6 Å². The fourth-order valence-corrected chi connectivity index (χ4v) is 3.65. The maximum absolute atomic E-state index is 13.2. The first-order valence-electron chi connectivity index (χ1n) is 10.3. The Morgan fingerprint density at radius 3 is 2.35 bits per heavy atom. The van der Waals surface area contributed by atoms with E-state index in [1.54, 1.807) is 22.9 Å². The molecule has 160 valence electrons. The summed E-state index contributed by atoms with van der Waals surface area (Å²) in [5.74, 6) is -0.507. The van der Waals surface area contributed by atoms with Crippen LogP contribution < -0.4 is 10.2 Å². The molecule has 1 aliphatic rings. The van der Waals surface area contributed by atoms with Crippen molar-refractivity contribution >= 4 is 23.4 Å². The highest BCUT2D eigenvalue weighted by Crippen LogP contribution is 2.21. The minimum absolute atomic E-state index is 0.215. The monoisotopic (exact) mass is 420 g/mol. The minimum Gasteiger partial charge on any atom is -0.378 e. The van der Waals surface area contributed by atoms with Gasteiger partial charge < -0.3 is 15.0 Å². The Morgan fingerprint density at radius 1 is 1.03 bits per heavy atom. The third kappa shape index (κ3) is 4.83. The van der Waals surface area contributed by atoms with E-state index in [2.05, 4.69) is 15.3 Å². The van der Waals surface area contributed by atoms with E-state index < -0.39 is 0 Å². The van der Waals surface area contributed by atoms with E-state index in [1.807, 2.05) is 38.1 Å². The van der Waals surface area contributed by atoms with Crippen LogP contribution in [0.15, 0.2) is 54.6 Å². The predicted octanol–water partition coefficient (Wildman–Crippen LogP) is 4.12. The average molecular weight is 420 g/mol. The summed E-state index contributed by atoms with van der Waals surface area (Å²) in [7, 11) is 0. The van der Waals surface area contributed by atoms with Crippen LogP contribution in [0.25, 0.3) is 11.8 Å². The molecular formula is C24H25FN4O2. The van der Waals surface area contributed by atoms with Crippen LogP contribution in [0.3, 0.4) is 0 Å². The molecule has 1 aliphatic heterocycles. The summed E-state index contributed by atoms with van der Waals surface area (Å²) >= 11 is 0. The van der Waals surface area contributed by atoms with Crippen molar-refractivity contribution in [3.8, 4) is 5.69 Å². The number of ether oxygens (including phenoxy) is 1. The van der Waals surface area contributed by atoms with Crippen LogP contribution in [0.2, 0.25) is 0 Å². The van der Waals surface area contributed by atoms with Gasteiger partial charge in [-0.15, -0.1) is 0 Å². The van der Waals surface area contributed by atoms with Crippen molar-refractivity contribution in [2.24, 2.45) is 0 Å². The number of carbonyl (C=O) groups is 1. The molecule has 1 fully saturated rings. The number of nitrogens with zero attached hydrogens (tertiary/aromatic N) is 3. The van der Waals surface area contributed by atoms with Crippen molar-refractivity contribution < 1.29 is 13.9 Å². The second-order valence-electron chi connectivity index (χ2n) is 7.44. The maximum atomic E-state index is 13.2. The van der Waals surface area contributed by atoms with Gasteiger partial charge in [0.1, 0.15) is 5.82 Å². The predicted molar refractivity (Wildman–Crippen MR) is 120 cm³/mol. The summed E-state index contributed by atoms with van der Waals surface area (Å²) in [6.45, 7) is 7.03. The zero-order valence-electron chi connectivity index (χ0n) is 17.6. The average Bonchev–Trinajstić information content (AvgIpc) is 3.07. The normalized spacial score (nSPS) is 14.2. The molecule has 7 heteroatoms. The second-order valence-corrected chi connectivity index (χ2v) is 7.44. The van der Waals surface area contributed by atoms with Crippen molar-refractivity contribution in [3.05, 3.63) is 77.4 Å². The lowest BCUT2D eigenvalue weighted by molar-refractivity contribution is -0.111. The molecule has 0 radical (unpaired) electrons. The van der Waals surface area contributed by atoms with Crippen LogP contribution in [-0.2, 0) is 9.53 Å². The summed E-state index contributed by atoms with van der Waals surface area (Å²) in [6, 6.07) is 14.0. The third-order valence-electron chi connectivity index (χ3n) is 5.33. The summed E-state index contributed by atoms with van der Waals surface area (Å²) in [6.07, 6.45) is 3.26. The number of hydrogen-bond donors (Lipinski definition) is 1. The first kappa shape index (κ1) is 20.8. The van der Waals surface area contributed by atoms with Gasteiger partial charge in [0.15, 0.2) is 0 Å². The summed E-state index contributed by atoms with van der Waals surface area (Å²) < 4.78 is 20.3. The van der Waals surface area contributed by atoms with Gasteiger partial charge in [0.25, 0.3) is 0 Å². The number of aryl methyl sites for hydroxylation is 1. The molecule has 2 aromatic carbocycles. The Morgan fingerprint density at radius 2 is 1.68 bits per heavy atom. The smallest absolute Gasteiger partial charge is 0.248 e. The molecule has 1 N–H and O–H groups in total. The Hall–Kier alpha value is -3.45. The molecule has 4 rings (SSSR count). The Labute approximate surface area is 180 Å². The largest absolute Gasteiger partial charge is 0.378 e. The van der Waals surface area contributed by atoms with Crippen LogP contribution in [0.5, 0.6) is 0 Å². The third-order valence-corrected chi connectivity index (χ3v) is 5.33. The van der Waals surface area contributed by atoms with E-state index >= 15 is 0 Å². The van der Waals surface area contributed by atoms with Crippen LogP contribution in [-0.4, -0.2) is 42.0 Å². The molecule has 1 saturated heterocycles. The highest BCUT2D eigenvalue weighted by atomic mass is 19.1. The maximum Gasteiger partial charge on any atom is 0.248 e. The molecule has 3 aromatic rings. The molecule has 0 spiro atoms. The lowest BCUT2D eigenvalue weighted by Crippen LogP contribution is -2.36. The quantitative estimate of drug-likeness (QED) is 0.631. The highest BCUT2D eigenvalue weighted by molar-refractivity contribution is 6.02. The van der Waals surface area contributed by atoms with Crippen molar-refractivity contribution in [3.63, 3.8) is 0 Å². The molecule has 0 aliphatic carbocycles. The van der Waals surface area contributed by atoms with E-state index in [1.165, 1.54) is 18.2 Å². The number of carbonyl (C=O) groups excluding carboxylic acids is 1. The van der Waals surface area contributed by atoms with E-state index in [-0.39, 0.29) is 11.7 Å². The molecule has 0 bridgehead atoms. The first-order chi connectivity index (χ1) is 15.0. The van der Waals surface area contributed by atoms with Gasteiger partial charge in [-0.1, -0.05) is 0 Å². The van der Waals surface area contributed by atoms with E-state index in [0.29, 0.717) is 0 Å². The van der Waals surface area contributed by atoms with Crippen LogP contribution in [0.1, 0.15) is 17.0 Å². The summed E-state index contributed by atoms with van der Waals surface area (Å²) in [5.41, 5.74) is 5.16. The number of rotatable bonds is 5. The molecule has 0 atom stereocenters. The van der Waals surface area contributed by atoms with Crippen molar-refractivity contribution in [2.45, 2.75) is 13.8 Å². The fourth-order valence-electron chi connectivity index (χ4n) is 3.65. The van der Waals surface area contributed by atoms with Gasteiger partial charge in [-0.05, 0) is 68.5 Å². The number of aromatic nitrogens is 2. The topological polar surface area (TPSA) is 59.4 Å². The van der Waals surface area contributed by atoms with Crippen molar-refractivity contribution in [2.75, 3.05) is 36.5 Å². The Kier molecular flexibility index (Phi) is 6.13.